The fourth-order valence-electron chi connectivity index (χ4n) is 2.02. The Morgan fingerprint density at radius 3 is 2.43 bits per heavy atom. The first kappa shape index (κ1) is 15.1. The van der Waals surface area contributed by atoms with Gasteiger partial charge >= 0.3 is 15.7 Å². The molecule has 0 aliphatic carbocycles. The monoisotopic (exact) mass is 332 g/mol. The van der Waals surface area contributed by atoms with Crippen LogP contribution in [0.2, 0.25) is 0 Å². The normalized spacial score (nSPS) is 11.5. The summed E-state index contributed by atoms with van der Waals surface area (Å²) >= 11 is 0. The van der Waals surface area contributed by atoms with E-state index in [9.17, 15) is 18.3 Å². The molecule has 6 nitrogen and oxygen atoms in total. The molecule has 0 radical (unpaired) electrons. The molecule has 1 aromatic heterocycles. The zero-order valence-corrected chi connectivity index (χ0v) is 12.8. The molecule has 3 rings (SSSR count). The number of benzene rings is 2. The van der Waals surface area contributed by atoms with Crippen LogP contribution in [0.15, 0.2) is 62.6 Å². The number of hydrogen-bond acceptors (Lipinski definition) is 6. The van der Waals surface area contributed by atoms with Crippen molar-refractivity contribution in [2.75, 3.05) is 0 Å². The van der Waals surface area contributed by atoms with Crippen LogP contribution in [0.4, 0.5) is 0 Å². The summed E-state index contributed by atoms with van der Waals surface area (Å²) in [6, 6.07) is 11.2. The molecule has 0 saturated carbocycles. The minimum atomic E-state index is -4.11. The van der Waals surface area contributed by atoms with Gasteiger partial charge in [-0.2, -0.15) is 8.42 Å². The molecule has 118 valence electrons. The fraction of sp³-hybridized carbons (Fsp3) is 0.0625. The van der Waals surface area contributed by atoms with Crippen molar-refractivity contribution in [2.24, 2.45) is 0 Å². The van der Waals surface area contributed by atoms with Gasteiger partial charge in [0.2, 0.25) is 0 Å². The van der Waals surface area contributed by atoms with Crippen LogP contribution in [-0.2, 0) is 10.1 Å². The Hall–Kier alpha value is -2.80. The molecule has 7 heteroatoms. The average molecular weight is 332 g/mol. The largest absolute Gasteiger partial charge is 0.504 e. The second-order valence-corrected chi connectivity index (χ2v) is 6.51. The molecule has 0 bridgehead atoms. The van der Waals surface area contributed by atoms with E-state index in [0.717, 1.165) is 11.6 Å². The molecule has 0 unspecified atom stereocenters. The maximum absolute atomic E-state index is 12.2. The van der Waals surface area contributed by atoms with Crippen molar-refractivity contribution < 1.29 is 22.1 Å². The van der Waals surface area contributed by atoms with Gasteiger partial charge in [-0.25, -0.2) is 4.79 Å². The number of rotatable bonds is 3. The van der Waals surface area contributed by atoms with E-state index >= 15 is 0 Å². The van der Waals surface area contributed by atoms with Gasteiger partial charge in [0.25, 0.3) is 0 Å². The first-order valence-corrected chi connectivity index (χ1v) is 8.04. The number of fused-ring (bicyclic) bond motifs is 1. The Labute approximate surface area is 131 Å². The first-order valence-electron chi connectivity index (χ1n) is 6.63. The van der Waals surface area contributed by atoms with Crippen molar-refractivity contribution in [3.8, 4) is 11.5 Å². The molecule has 0 aliphatic rings. The van der Waals surface area contributed by atoms with E-state index in [0.29, 0.717) is 5.39 Å². The van der Waals surface area contributed by atoms with Gasteiger partial charge in [0.05, 0.1) is 0 Å². The Morgan fingerprint density at radius 2 is 1.74 bits per heavy atom. The highest BCUT2D eigenvalue weighted by Crippen LogP contribution is 2.33. The van der Waals surface area contributed by atoms with Gasteiger partial charge in [-0.05, 0) is 31.2 Å². The summed E-state index contributed by atoms with van der Waals surface area (Å²) in [6.07, 6.45) is 0. The van der Waals surface area contributed by atoms with Crippen LogP contribution < -0.4 is 9.81 Å². The topological polar surface area (TPSA) is 93.8 Å². The zero-order valence-electron chi connectivity index (χ0n) is 12.0. The molecule has 0 fully saturated rings. The number of aromatic hydroxyl groups is 1. The summed E-state index contributed by atoms with van der Waals surface area (Å²) in [6.45, 7) is 1.83. The van der Waals surface area contributed by atoms with Gasteiger partial charge < -0.3 is 13.7 Å². The van der Waals surface area contributed by atoms with Crippen LogP contribution in [0.3, 0.4) is 0 Å². The van der Waals surface area contributed by atoms with Crippen molar-refractivity contribution in [2.45, 2.75) is 11.8 Å². The fourth-order valence-corrected chi connectivity index (χ4v) is 2.96. The summed E-state index contributed by atoms with van der Waals surface area (Å²) in [5.41, 5.74) is 0.430. The van der Waals surface area contributed by atoms with Crippen LogP contribution in [0.5, 0.6) is 11.5 Å². The van der Waals surface area contributed by atoms with Crippen LogP contribution in [0, 0.1) is 6.92 Å². The van der Waals surface area contributed by atoms with E-state index < -0.39 is 15.7 Å². The summed E-state index contributed by atoms with van der Waals surface area (Å²) in [5, 5.41) is 10.4. The summed E-state index contributed by atoms with van der Waals surface area (Å²) in [7, 11) is -4.11. The van der Waals surface area contributed by atoms with Crippen molar-refractivity contribution in [3.63, 3.8) is 0 Å². The van der Waals surface area contributed by atoms with Gasteiger partial charge in [-0.15, -0.1) is 0 Å². The molecule has 0 amide bonds. The van der Waals surface area contributed by atoms with Gasteiger partial charge in [-0.1, -0.05) is 17.7 Å². The third kappa shape index (κ3) is 3.04. The number of phenolic OH excluding ortho intramolecular Hbond substituents is 1. The van der Waals surface area contributed by atoms with E-state index in [1.54, 1.807) is 12.1 Å². The molecular weight excluding hydrogens is 320 g/mol. The summed E-state index contributed by atoms with van der Waals surface area (Å²) in [5.74, 6) is -0.686. The van der Waals surface area contributed by atoms with Crippen LogP contribution >= 0.6 is 0 Å². The van der Waals surface area contributed by atoms with Gasteiger partial charge in [-0.3, -0.25) is 0 Å². The Bertz CT molecular complexity index is 1030. The van der Waals surface area contributed by atoms with Crippen molar-refractivity contribution in [3.05, 3.63) is 64.5 Å². The van der Waals surface area contributed by atoms with Crippen molar-refractivity contribution in [1.82, 2.24) is 0 Å². The van der Waals surface area contributed by atoms with Crippen LogP contribution in [0.25, 0.3) is 11.0 Å². The maximum atomic E-state index is 12.2. The van der Waals surface area contributed by atoms with Gasteiger partial charge in [0, 0.05) is 17.5 Å². The molecule has 1 heterocycles. The maximum Gasteiger partial charge on any atom is 0.339 e. The Morgan fingerprint density at radius 1 is 1.04 bits per heavy atom. The quantitative estimate of drug-likeness (QED) is 0.585. The number of hydrogen-bond donors (Lipinski definition) is 1. The molecule has 0 spiro atoms. The smallest absolute Gasteiger partial charge is 0.339 e. The second kappa shape index (κ2) is 5.44. The Balaban J connectivity index is 2.04. The predicted molar refractivity (Wildman–Crippen MR) is 83.1 cm³/mol. The minimum Gasteiger partial charge on any atom is -0.504 e. The lowest BCUT2D eigenvalue weighted by molar-refractivity contribution is 0.428. The van der Waals surface area contributed by atoms with Crippen LogP contribution in [-0.4, -0.2) is 13.5 Å². The van der Waals surface area contributed by atoms with Crippen molar-refractivity contribution >= 4 is 21.1 Å². The van der Waals surface area contributed by atoms with Crippen molar-refractivity contribution in [1.29, 1.82) is 0 Å². The van der Waals surface area contributed by atoms with Gasteiger partial charge in [0.1, 0.15) is 10.5 Å². The average Bonchev–Trinajstić information content (AvgIpc) is 2.49. The molecular formula is C16H12O6S. The number of aryl methyl sites for hydroxylation is 1. The molecule has 23 heavy (non-hydrogen) atoms. The standard InChI is InChI=1S/C16H12O6S/c1-10-2-5-12(6-3-10)23(19,20)22-15-9-14-11(8-13(15)17)4-7-16(18)21-14/h2-9,17H,1H3. The third-order valence-electron chi connectivity index (χ3n) is 3.21. The zero-order chi connectivity index (χ0) is 16.6. The second-order valence-electron chi connectivity index (χ2n) is 4.96. The van der Waals surface area contributed by atoms with Gasteiger partial charge in [0.15, 0.2) is 11.5 Å². The van der Waals surface area contributed by atoms with E-state index in [-0.39, 0.29) is 22.0 Å². The predicted octanol–water partition coefficient (Wildman–Crippen LogP) is 2.57. The highest BCUT2D eigenvalue weighted by atomic mass is 32.2. The van der Waals surface area contributed by atoms with Crippen LogP contribution in [0.1, 0.15) is 5.56 Å². The Kier molecular flexibility index (Phi) is 3.57. The third-order valence-corrected chi connectivity index (χ3v) is 4.46. The van der Waals surface area contributed by atoms with E-state index in [4.69, 9.17) is 8.60 Å². The molecule has 2 aromatic carbocycles. The molecule has 3 aromatic rings. The lowest BCUT2D eigenvalue weighted by atomic mass is 10.2. The summed E-state index contributed by atoms with van der Waals surface area (Å²) in [4.78, 5) is 11.2. The SMILES string of the molecule is Cc1ccc(S(=O)(=O)Oc2cc3oc(=O)ccc3cc2O)cc1. The lowest BCUT2D eigenvalue weighted by Crippen LogP contribution is -2.10. The number of phenols is 1. The minimum absolute atomic E-state index is 0.0443. The van der Waals surface area contributed by atoms with E-state index in [1.165, 1.54) is 30.3 Å². The highest BCUT2D eigenvalue weighted by Gasteiger charge is 2.19. The van der Waals surface area contributed by atoms with E-state index in [2.05, 4.69) is 0 Å². The first-order chi connectivity index (χ1) is 10.8. The highest BCUT2D eigenvalue weighted by molar-refractivity contribution is 7.87. The molecule has 0 atom stereocenters. The molecule has 0 aliphatic heterocycles. The summed E-state index contributed by atoms with van der Waals surface area (Å²) < 4.78 is 34.4. The lowest BCUT2D eigenvalue weighted by Gasteiger charge is -2.09. The molecule has 1 N–H and O–H groups in total. The van der Waals surface area contributed by atoms with E-state index in [1.807, 2.05) is 6.92 Å². The molecule has 0 saturated heterocycles.